The Bertz CT molecular complexity index is 736. The van der Waals surface area contributed by atoms with Crippen molar-refractivity contribution in [3.8, 4) is 0 Å². The Hall–Kier alpha value is -2.63. The van der Waals surface area contributed by atoms with Gasteiger partial charge in [-0.05, 0) is 37.8 Å². The van der Waals surface area contributed by atoms with Crippen molar-refractivity contribution in [3.63, 3.8) is 0 Å². The number of hydrogen-bond acceptors (Lipinski definition) is 3. The predicted molar refractivity (Wildman–Crippen MR) is 100 cm³/mol. The second-order valence-electron chi connectivity index (χ2n) is 6.52. The van der Waals surface area contributed by atoms with Gasteiger partial charge in [-0.15, -0.1) is 0 Å². The Labute approximate surface area is 154 Å². The standard InChI is InChI=1S/C20H27N3O3/c1-4-17(5-2)23-14(3)11-18(22-23)19(24)21-13-16(20(25)26)12-15-9-7-6-8-10-15/h6-11,16-17H,4-5,12-13H2,1-3H3,(H,21,24)(H,25,26). The van der Waals surface area contributed by atoms with E-state index in [9.17, 15) is 14.7 Å². The minimum absolute atomic E-state index is 0.0694. The van der Waals surface area contributed by atoms with Crippen LogP contribution in [0.25, 0.3) is 0 Å². The van der Waals surface area contributed by atoms with Crippen molar-refractivity contribution in [2.24, 2.45) is 5.92 Å². The van der Waals surface area contributed by atoms with Gasteiger partial charge in [-0.25, -0.2) is 0 Å². The average molecular weight is 357 g/mol. The molecule has 2 rings (SSSR count). The van der Waals surface area contributed by atoms with Crippen LogP contribution in [0.5, 0.6) is 0 Å². The molecule has 0 spiro atoms. The van der Waals surface area contributed by atoms with E-state index in [0.29, 0.717) is 12.1 Å². The first-order valence-corrected chi connectivity index (χ1v) is 9.07. The minimum Gasteiger partial charge on any atom is -0.481 e. The first-order chi connectivity index (χ1) is 12.5. The smallest absolute Gasteiger partial charge is 0.308 e. The molecule has 1 amide bonds. The predicted octanol–water partition coefficient (Wildman–Crippen LogP) is 3.23. The number of carboxylic acids is 1. The fraction of sp³-hybridized carbons (Fsp3) is 0.450. The lowest BCUT2D eigenvalue weighted by molar-refractivity contribution is -0.141. The van der Waals surface area contributed by atoms with Crippen LogP contribution in [0.3, 0.4) is 0 Å². The van der Waals surface area contributed by atoms with Crippen molar-refractivity contribution in [1.29, 1.82) is 0 Å². The summed E-state index contributed by atoms with van der Waals surface area (Å²) in [4.78, 5) is 23.9. The van der Waals surface area contributed by atoms with Gasteiger partial charge in [0.05, 0.1) is 12.0 Å². The van der Waals surface area contributed by atoms with Gasteiger partial charge in [-0.3, -0.25) is 14.3 Å². The molecule has 0 bridgehead atoms. The van der Waals surface area contributed by atoms with Crippen LogP contribution in [0.4, 0.5) is 0 Å². The van der Waals surface area contributed by atoms with E-state index in [0.717, 1.165) is 24.1 Å². The highest BCUT2D eigenvalue weighted by molar-refractivity contribution is 5.92. The van der Waals surface area contributed by atoms with Crippen LogP contribution in [0, 0.1) is 12.8 Å². The molecular weight excluding hydrogens is 330 g/mol. The van der Waals surface area contributed by atoms with Crippen molar-refractivity contribution in [3.05, 3.63) is 53.3 Å². The van der Waals surface area contributed by atoms with E-state index in [4.69, 9.17) is 0 Å². The van der Waals surface area contributed by atoms with E-state index in [1.807, 2.05) is 41.9 Å². The first-order valence-electron chi connectivity index (χ1n) is 9.07. The van der Waals surface area contributed by atoms with Crippen molar-refractivity contribution in [2.75, 3.05) is 6.54 Å². The first kappa shape index (κ1) is 19.7. The van der Waals surface area contributed by atoms with Crippen molar-refractivity contribution < 1.29 is 14.7 Å². The molecule has 6 heteroatoms. The van der Waals surface area contributed by atoms with E-state index >= 15 is 0 Å². The second kappa shape index (κ2) is 9.17. The van der Waals surface area contributed by atoms with E-state index in [1.165, 1.54) is 0 Å². The molecule has 1 unspecified atom stereocenters. The van der Waals surface area contributed by atoms with E-state index < -0.39 is 11.9 Å². The van der Waals surface area contributed by atoms with Crippen LogP contribution in [0.15, 0.2) is 36.4 Å². The molecule has 1 atom stereocenters. The van der Waals surface area contributed by atoms with Crippen LogP contribution in [0.2, 0.25) is 0 Å². The Morgan fingerprint density at radius 1 is 1.19 bits per heavy atom. The third kappa shape index (κ3) is 4.94. The summed E-state index contributed by atoms with van der Waals surface area (Å²) in [5.41, 5.74) is 2.20. The van der Waals surface area contributed by atoms with Gasteiger partial charge in [0, 0.05) is 12.2 Å². The molecule has 2 aromatic rings. The molecule has 1 aromatic carbocycles. The van der Waals surface area contributed by atoms with E-state index in [1.54, 1.807) is 6.07 Å². The molecule has 2 N–H and O–H groups in total. The topological polar surface area (TPSA) is 84.2 Å². The number of rotatable bonds is 9. The zero-order valence-corrected chi connectivity index (χ0v) is 15.6. The third-order valence-electron chi connectivity index (χ3n) is 4.63. The number of hydrogen-bond donors (Lipinski definition) is 2. The maximum atomic E-state index is 12.4. The number of aliphatic carboxylic acids is 1. The van der Waals surface area contributed by atoms with E-state index in [-0.39, 0.29) is 18.5 Å². The lowest BCUT2D eigenvalue weighted by Gasteiger charge is -2.15. The Morgan fingerprint density at radius 2 is 1.85 bits per heavy atom. The molecule has 0 fully saturated rings. The van der Waals surface area contributed by atoms with Crippen LogP contribution >= 0.6 is 0 Å². The highest BCUT2D eigenvalue weighted by Crippen LogP contribution is 2.18. The van der Waals surface area contributed by atoms with E-state index in [2.05, 4.69) is 24.3 Å². The molecule has 0 aliphatic rings. The maximum Gasteiger partial charge on any atom is 0.308 e. The summed E-state index contributed by atoms with van der Waals surface area (Å²) in [5, 5.41) is 16.6. The number of amides is 1. The summed E-state index contributed by atoms with van der Waals surface area (Å²) in [6, 6.07) is 11.4. The van der Waals surface area contributed by atoms with Gasteiger partial charge in [0.2, 0.25) is 0 Å². The Balaban J connectivity index is 2.02. The van der Waals surface area contributed by atoms with Crippen molar-refractivity contribution >= 4 is 11.9 Å². The summed E-state index contributed by atoms with van der Waals surface area (Å²) in [5.74, 6) is -1.94. The third-order valence-corrected chi connectivity index (χ3v) is 4.63. The number of carbonyl (C=O) groups is 2. The Morgan fingerprint density at radius 3 is 2.42 bits per heavy atom. The molecule has 6 nitrogen and oxygen atoms in total. The molecule has 140 valence electrons. The number of aromatic nitrogens is 2. The fourth-order valence-electron chi connectivity index (χ4n) is 3.05. The number of carboxylic acid groups (broad SMARTS) is 1. The number of carbonyl (C=O) groups excluding carboxylic acids is 1. The van der Waals surface area contributed by atoms with Gasteiger partial charge in [0.15, 0.2) is 0 Å². The number of aryl methyl sites for hydroxylation is 1. The number of benzene rings is 1. The summed E-state index contributed by atoms with van der Waals surface area (Å²) < 4.78 is 1.88. The number of nitrogens with zero attached hydrogens (tertiary/aromatic N) is 2. The second-order valence-corrected chi connectivity index (χ2v) is 6.52. The van der Waals surface area contributed by atoms with Gasteiger partial charge in [-0.2, -0.15) is 5.10 Å². The molecule has 0 saturated carbocycles. The normalized spacial score (nSPS) is 12.2. The zero-order valence-electron chi connectivity index (χ0n) is 15.6. The van der Waals surface area contributed by atoms with Crippen molar-refractivity contribution in [2.45, 2.75) is 46.1 Å². The van der Waals surface area contributed by atoms with Crippen LogP contribution in [-0.4, -0.2) is 33.3 Å². The fourth-order valence-corrected chi connectivity index (χ4v) is 3.05. The lowest BCUT2D eigenvalue weighted by Crippen LogP contribution is -2.34. The molecule has 0 aliphatic carbocycles. The van der Waals surface area contributed by atoms with Crippen molar-refractivity contribution in [1.82, 2.24) is 15.1 Å². The number of nitrogens with one attached hydrogen (secondary N) is 1. The van der Waals surface area contributed by atoms with Crippen LogP contribution in [-0.2, 0) is 11.2 Å². The molecule has 1 aromatic heterocycles. The summed E-state index contributed by atoms with van der Waals surface area (Å²) in [6.07, 6.45) is 2.26. The zero-order chi connectivity index (χ0) is 19.1. The monoisotopic (exact) mass is 357 g/mol. The summed E-state index contributed by atoms with van der Waals surface area (Å²) in [7, 11) is 0. The van der Waals surface area contributed by atoms with Crippen LogP contribution in [0.1, 0.15) is 54.5 Å². The Kier molecular flexibility index (Phi) is 6.95. The highest BCUT2D eigenvalue weighted by Gasteiger charge is 2.21. The maximum absolute atomic E-state index is 12.4. The summed E-state index contributed by atoms with van der Waals surface area (Å²) >= 11 is 0. The van der Waals surface area contributed by atoms with Gasteiger partial charge in [-0.1, -0.05) is 44.2 Å². The van der Waals surface area contributed by atoms with Gasteiger partial charge in [0.25, 0.3) is 5.91 Å². The molecule has 1 heterocycles. The summed E-state index contributed by atoms with van der Waals surface area (Å²) in [6.45, 7) is 6.18. The largest absolute Gasteiger partial charge is 0.481 e. The van der Waals surface area contributed by atoms with Gasteiger partial charge < -0.3 is 10.4 Å². The molecular formula is C20H27N3O3. The highest BCUT2D eigenvalue weighted by atomic mass is 16.4. The molecule has 26 heavy (non-hydrogen) atoms. The SMILES string of the molecule is CCC(CC)n1nc(C(=O)NCC(Cc2ccccc2)C(=O)O)cc1C. The van der Waals surface area contributed by atoms with Gasteiger partial charge >= 0.3 is 5.97 Å². The van der Waals surface area contributed by atoms with Crippen LogP contribution < -0.4 is 5.32 Å². The molecule has 0 saturated heterocycles. The quantitative estimate of drug-likeness (QED) is 0.722. The lowest BCUT2D eigenvalue weighted by atomic mass is 9.99. The minimum atomic E-state index is -0.923. The average Bonchev–Trinajstić information content (AvgIpc) is 3.02. The molecule has 0 radical (unpaired) electrons. The molecule has 0 aliphatic heterocycles. The van der Waals surface area contributed by atoms with Gasteiger partial charge in [0.1, 0.15) is 5.69 Å².